The van der Waals surface area contributed by atoms with E-state index < -0.39 is 22.0 Å². The maximum absolute atomic E-state index is 12.5. The molecule has 0 atom stereocenters. The fourth-order valence-electron chi connectivity index (χ4n) is 3.29. The lowest BCUT2D eigenvalue weighted by molar-refractivity contribution is -0.385. The molecule has 2 aliphatic rings. The minimum atomic E-state index is -0.672. The number of ether oxygens (including phenoxy) is 2. The molecule has 0 N–H and O–H groups in total. The van der Waals surface area contributed by atoms with E-state index in [0.29, 0.717) is 44.8 Å². The first kappa shape index (κ1) is 15.0. The van der Waals surface area contributed by atoms with Crippen LogP contribution >= 0.6 is 0 Å². The van der Waals surface area contributed by atoms with Crippen molar-refractivity contribution in [1.29, 1.82) is 0 Å². The van der Waals surface area contributed by atoms with Gasteiger partial charge in [-0.1, -0.05) is 6.07 Å². The van der Waals surface area contributed by atoms with Crippen molar-refractivity contribution >= 4 is 17.2 Å². The van der Waals surface area contributed by atoms with Gasteiger partial charge in [-0.15, -0.1) is 0 Å². The molecule has 0 unspecified atom stereocenters. The molecule has 4 heterocycles. The van der Waals surface area contributed by atoms with Crippen LogP contribution in [-0.4, -0.2) is 46.4 Å². The first-order valence-electron chi connectivity index (χ1n) is 7.78. The fraction of sp³-hybridized carbons (Fsp3) is 0.467. The summed E-state index contributed by atoms with van der Waals surface area (Å²) in [5, 5.41) is 11.5. The Kier molecular flexibility index (Phi) is 3.47. The number of fused-ring (bicyclic) bond motifs is 1. The number of nitrogens with zero attached hydrogens (tertiary/aromatic N) is 4. The molecule has 0 amide bonds. The van der Waals surface area contributed by atoms with Crippen molar-refractivity contribution < 1.29 is 14.4 Å². The van der Waals surface area contributed by atoms with Gasteiger partial charge in [-0.3, -0.25) is 19.3 Å². The highest BCUT2D eigenvalue weighted by molar-refractivity contribution is 5.61. The first-order chi connectivity index (χ1) is 11.6. The molecule has 0 saturated carbocycles. The van der Waals surface area contributed by atoms with E-state index in [4.69, 9.17) is 9.47 Å². The Labute approximate surface area is 136 Å². The third-order valence-corrected chi connectivity index (χ3v) is 4.51. The zero-order valence-electron chi connectivity index (χ0n) is 12.9. The van der Waals surface area contributed by atoms with E-state index in [1.165, 1.54) is 10.6 Å². The standard InChI is InChI=1S/C15H16N4O5/c20-14-12(19(21)22)13(16-11-3-1-2-6-18(11)14)17-7-4-15(5-8-17)23-9-10-24-15/h1-3,6H,4-5,7-10H2. The van der Waals surface area contributed by atoms with Crippen molar-refractivity contribution in [3.05, 3.63) is 44.9 Å². The molecule has 2 aliphatic heterocycles. The number of aromatic nitrogens is 2. The van der Waals surface area contributed by atoms with Gasteiger partial charge in [0.25, 0.3) is 0 Å². The third-order valence-electron chi connectivity index (χ3n) is 4.51. The molecule has 1 spiro atoms. The predicted molar refractivity (Wildman–Crippen MR) is 84.2 cm³/mol. The largest absolute Gasteiger partial charge is 0.376 e. The molecule has 2 fully saturated rings. The lowest BCUT2D eigenvalue weighted by atomic mass is 10.0. The number of pyridine rings is 1. The van der Waals surface area contributed by atoms with Crippen LogP contribution in [0, 0.1) is 10.1 Å². The van der Waals surface area contributed by atoms with Gasteiger partial charge in [0.15, 0.2) is 5.79 Å². The summed E-state index contributed by atoms with van der Waals surface area (Å²) >= 11 is 0. The number of nitro groups is 1. The van der Waals surface area contributed by atoms with Crippen molar-refractivity contribution in [3.8, 4) is 0 Å². The van der Waals surface area contributed by atoms with Gasteiger partial charge in [0.05, 0.1) is 18.1 Å². The van der Waals surface area contributed by atoms with Gasteiger partial charge in [-0.25, -0.2) is 4.98 Å². The highest BCUT2D eigenvalue weighted by Gasteiger charge is 2.41. The maximum Gasteiger partial charge on any atom is 0.376 e. The fourth-order valence-corrected chi connectivity index (χ4v) is 3.29. The van der Waals surface area contributed by atoms with Gasteiger partial charge < -0.3 is 14.4 Å². The molecular formula is C15H16N4O5. The molecule has 0 bridgehead atoms. The van der Waals surface area contributed by atoms with Gasteiger partial charge in [-0.05, 0) is 12.1 Å². The van der Waals surface area contributed by atoms with Gasteiger partial charge in [0.2, 0.25) is 5.82 Å². The Hall–Kier alpha value is -2.52. The lowest BCUT2D eigenvalue weighted by Gasteiger charge is -2.37. The number of rotatable bonds is 2. The summed E-state index contributed by atoms with van der Waals surface area (Å²) in [6, 6.07) is 5.03. The van der Waals surface area contributed by atoms with Crippen molar-refractivity contribution in [2.75, 3.05) is 31.2 Å². The number of piperidine rings is 1. The van der Waals surface area contributed by atoms with Crippen molar-refractivity contribution in [2.45, 2.75) is 18.6 Å². The molecule has 2 aromatic rings. The minimum Gasteiger partial charge on any atom is -0.350 e. The van der Waals surface area contributed by atoms with Crippen LogP contribution in [0.3, 0.4) is 0 Å². The summed E-state index contributed by atoms with van der Waals surface area (Å²) in [5.74, 6) is -0.471. The van der Waals surface area contributed by atoms with Gasteiger partial charge in [0, 0.05) is 32.1 Å². The van der Waals surface area contributed by atoms with Crippen LogP contribution < -0.4 is 10.5 Å². The SMILES string of the molecule is O=c1c([N+](=O)[O-])c(N2CCC3(CC2)OCCO3)nc2ccccn12. The molecule has 4 rings (SSSR count). The molecule has 126 valence electrons. The van der Waals surface area contributed by atoms with E-state index in [9.17, 15) is 14.9 Å². The Morgan fingerprint density at radius 1 is 1.21 bits per heavy atom. The second-order valence-electron chi connectivity index (χ2n) is 5.87. The van der Waals surface area contributed by atoms with Gasteiger partial charge >= 0.3 is 11.2 Å². The quantitative estimate of drug-likeness (QED) is 0.596. The zero-order chi connectivity index (χ0) is 16.7. The maximum atomic E-state index is 12.5. The van der Waals surface area contributed by atoms with E-state index in [2.05, 4.69) is 4.98 Å². The van der Waals surface area contributed by atoms with E-state index >= 15 is 0 Å². The Bertz CT molecular complexity index is 849. The summed E-state index contributed by atoms with van der Waals surface area (Å²) in [6.07, 6.45) is 2.65. The predicted octanol–water partition coefficient (Wildman–Crippen LogP) is 0.946. The molecule has 0 aliphatic carbocycles. The Balaban J connectivity index is 1.75. The van der Waals surface area contributed by atoms with E-state index in [1.807, 2.05) is 0 Å². The number of hydrogen-bond donors (Lipinski definition) is 0. The van der Waals surface area contributed by atoms with E-state index in [-0.39, 0.29) is 5.82 Å². The number of hydrogen-bond acceptors (Lipinski definition) is 7. The van der Waals surface area contributed by atoms with E-state index in [0.717, 1.165) is 0 Å². The average molecular weight is 332 g/mol. The summed E-state index contributed by atoms with van der Waals surface area (Å²) in [6.45, 7) is 2.10. The third kappa shape index (κ3) is 2.33. The highest BCUT2D eigenvalue weighted by atomic mass is 16.7. The van der Waals surface area contributed by atoms with Crippen molar-refractivity contribution in [2.24, 2.45) is 0 Å². The molecule has 2 saturated heterocycles. The van der Waals surface area contributed by atoms with Crippen LogP contribution in [0.15, 0.2) is 29.2 Å². The zero-order valence-corrected chi connectivity index (χ0v) is 12.9. The summed E-state index contributed by atoms with van der Waals surface area (Å²) in [5.41, 5.74) is -0.783. The summed E-state index contributed by atoms with van der Waals surface area (Å²) in [4.78, 5) is 29.4. The van der Waals surface area contributed by atoms with Crippen molar-refractivity contribution in [1.82, 2.24) is 9.38 Å². The van der Waals surface area contributed by atoms with Gasteiger partial charge in [-0.2, -0.15) is 0 Å². The Morgan fingerprint density at radius 3 is 2.58 bits per heavy atom. The van der Waals surface area contributed by atoms with Crippen LogP contribution in [0.5, 0.6) is 0 Å². The monoisotopic (exact) mass is 332 g/mol. The molecular weight excluding hydrogens is 316 g/mol. The first-order valence-corrected chi connectivity index (χ1v) is 7.78. The van der Waals surface area contributed by atoms with Crippen molar-refractivity contribution in [3.63, 3.8) is 0 Å². The second kappa shape index (κ2) is 5.53. The lowest BCUT2D eigenvalue weighted by Crippen LogP contribution is -2.46. The van der Waals surface area contributed by atoms with Crippen LogP contribution in [0.4, 0.5) is 11.5 Å². The molecule has 24 heavy (non-hydrogen) atoms. The smallest absolute Gasteiger partial charge is 0.350 e. The van der Waals surface area contributed by atoms with Crippen LogP contribution in [0.25, 0.3) is 5.65 Å². The second-order valence-corrected chi connectivity index (χ2v) is 5.87. The summed E-state index contributed by atoms with van der Waals surface area (Å²) in [7, 11) is 0. The average Bonchev–Trinajstić information content (AvgIpc) is 3.03. The number of anilines is 1. The highest BCUT2D eigenvalue weighted by Crippen LogP contribution is 2.34. The van der Waals surface area contributed by atoms with Crippen LogP contribution in [-0.2, 0) is 9.47 Å². The topological polar surface area (TPSA) is 99.2 Å². The Morgan fingerprint density at radius 2 is 1.92 bits per heavy atom. The van der Waals surface area contributed by atoms with E-state index in [1.54, 1.807) is 23.1 Å². The molecule has 9 nitrogen and oxygen atoms in total. The molecule has 0 aromatic carbocycles. The molecule has 0 radical (unpaired) electrons. The summed E-state index contributed by atoms with van der Waals surface area (Å²) < 4.78 is 12.5. The molecule has 9 heteroatoms. The minimum absolute atomic E-state index is 0.115. The normalized spacial score (nSPS) is 19.9. The van der Waals surface area contributed by atoms with Gasteiger partial charge in [0.1, 0.15) is 5.65 Å². The van der Waals surface area contributed by atoms with Crippen LogP contribution in [0.2, 0.25) is 0 Å². The molecule has 2 aromatic heterocycles. The van der Waals surface area contributed by atoms with Crippen LogP contribution in [0.1, 0.15) is 12.8 Å².